The van der Waals surface area contributed by atoms with Gasteiger partial charge in [0.05, 0.1) is 12.2 Å². The van der Waals surface area contributed by atoms with Crippen LogP contribution in [0.3, 0.4) is 0 Å². The third kappa shape index (κ3) is 4.20. The topological polar surface area (TPSA) is 56.8 Å². The lowest BCUT2D eigenvalue weighted by molar-refractivity contribution is -0.0409. The van der Waals surface area contributed by atoms with Crippen LogP contribution in [0.1, 0.15) is 101 Å². The molecule has 0 radical (unpaired) electrons. The van der Waals surface area contributed by atoms with E-state index in [1.165, 1.54) is 64.2 Å². The molecule has 0 heterocycles. The van der Waals surface area contributed by atoms with Crippen molar-refractivity contribution in [2.45, 2.75) is 90.9 Å². The number of aryl methyl sites for hydroxylation is 1. The van der Waals surface area contributed by atoms with Gasteiger partial charge in [0.2, 0.25) is 0 Å². The van der Waals surface area contributed by atoms with Crippen molar-refractivity contribution < 1.29 is 4.74 Å². The standard InChI is InChI=1S/C25H34N2O/c1-3-5-6-10-24-11-14-25(15-12-24,16-13-24)19-28-23-9-8-20(7-4-2)21(17-26)22(23)18-27/h8-9H,3-7,10-16,19H2,1-2H3. The second kappa shape index (κ2) is 9.00. The molecule has 1 aromatic carbocycles. The Morgan fingerprint density at radius 3 is 2.07 bits per heavy atom. The number of fused-ring (bicyclic) bond motifs is 3. The minimum Gasteiger partial charge on any atom is -0.492 e. The third-order valence-electron chi connectivity index (χ3n) is 7.40. The number of nitrogens with zero attached hydrogens (tertiary/aromatic N) is 2. The molecule has 3 fully saturated rings. The predicted molar refractivity (Wildman–Crippen MR) is 112 cm³/mol. The molecule has 3 aliphatic rings. The van der Waals surface area contributed by atoms with E-state index in [1.54, 1.807) is 0 Å². The van der Waals surface area contributed by atoms with E-state index in [9.17, 15) is 10.5 Å². The Balaban J connectivity index is 1.66. The highest BCUT2D eigenvalue weighted by atomic mass is 16.5. The summed E-state index contributed by atoms with van der Waals surface area (Å²) in [6.07, 6.45) is 15.0. The second-order valence-corrected chi connectivity index (χ2v) is 9.19. The molecule has 150 valence electrons. The lowest BCUT2D eigenvalue weighted by atomic mass is 9.53. The highest BCUT2D eigenvalue weighted by Crippen LogP contribution is 2.58. The van der Waals surface area contributed by atoms with Gasteiger partial charge < -0.3 is 4.74 Å². The largest absolute Gasteiger partial charge is 0.492 e. The smallest absolute Gasteiger partial charge is 0.138 e. The van der Waals surface area contributed by atoms with Gasteiger partial charge in [0.1, 0.15) is 23.5 Å². The molecular formula is C25H34N2O. The molecular weight excluding hydrogens is 344 g/mol. The minimum absolute atomic E-state index is 0.272. The van der Waals surface area contributed by atoms with Gasteiger partial charge in [0, 0.05) is 5.41 Å². The van der Waals surface area contributed by atoms with E-state index < -0.39 is 0 Å². The number of hydrogen-bond acceptors (Lipinski definition) is 3. The van der Waals surface area contributed by atoms with Crippen LogP contribution < -0.4 is 4.74 Å². The molecule has 0 aliphatic heterocycles. The number of rotatable bonds is 9. The highest BCUT2D eigenvalue weighted by Gasteiger charge is 2.48. The van der Waals surface area contributed by atoms with Gasteiger partial charge in [-0.25, -0.2) is 0 Å². The molecule has 3 nitrogen and oxygen atoms in total. The maximum absolute atomic E-state index is 9.64. The first kappa shape index (κ1) is 20.7. The molecule has 1 aromatic rings. The van der Waals surface area contributed by atoms with Gasteiger partial charge in [-0.15, -0.1) is 0 Å². The number of unbranched alkanes of at least 4 members (excludes halogenated alkanes) is 2. The zero-order chi connectivity index (χ0) is 20.0. The molecule has 0 saturated heterocycles. The monoisotopic (exact) mass is 378 g/mol. The van der Waals surface area contributed by atoms with Gasteiger partial charge in [-0.05, 0) is 68.4 Å². The molecule has 0 unspecified atom stereocenters. The maximum Gasteiger partial charge on any atom is 0.138 e. The van der Waals surface area contributed by atoms with Crippen LogP contribution in [0.2, 0.25) is 0 Å². The Bertz CT molecular complexity index is 743. The van der Waals surface area contributed by atoms with Crippen LogP contribution in [0, 0.1) is 33.5 Å². The van der Waals surface area contributed by atoms with E-state index in [-0.39, 0.29) is 5.41 Å². The van der Waals surface area contributed by atoms with Gasteiger partial charge in [-0.3, -0.25) is 0 Å². The molecule has 3 saturated carbocycles. The molecule has 28 heavy (non-hydrogen) atoms. The van der Waals surface area contributed by atoms with Gasteiger partial charge in [0.15, 0.2) is 0 Å². The first-order chi connectivity index (χ1) is 13.6. The van der Waals surface area contributed by atoms with E-state index in [1.807, 2.05) is 12.1 Å². The Labute approximate surface area is 170 Å². The molecule has 0 amide bonds. The van der Waals surface area contributed by atoms with Crippen LogP contribution in [-0.4, -0.2) is 6.61 Å². The Morgan fingerprint density at radius 2 is 1.50 bits per heavy atom. The zero-order valence-corrected chi connectivity index (χ0v) is 17.6. The lowest BCUT2D eigenvalue weighted by Crippen LogP contribution is -2.44. The molecule has 2 bridgehead atoms. The van der Waals surface area contributed by atoms with E-state index in [2.05, 4.69) is 26.0 Å². The van der Waals surface area contributed by atoms with Crippen molar-refractivity contribution in [3.63, 3.8) is 0 Å². The van der Waals surface area contributed by atoms with Crippen LogP contribution in [0.25, 0.3) is 0 Å². The Hall–Kier alpha value is -2.00. The van der Waals surface area contributed by atoms with Crippen molar-refractivity contribution in [3.05, 3.63) is 28.8 Å². The summed E-state index contributed by atoms with van der Waals surface area (Å²) in [6, 6.07) is 8.34. The summed E-state index contributed by atoms with van der Waals surface area (Å²) >= 11 is 0. The van der Waals surface area contributed by atoms with Crippen molar-refractivity contribution in [2.24, 2.45) is 10.8 Å². The van der Waals surface area contributed by atoms with Crippen LogP contribution in [0.5, 0.6) is 5.75 Å². The Kier molecular flexibility index (Phi) is 6.66. The summed E-state index contributed by atoms with van der Waals surface area (Å²) in [7, 11) is 0. The zero-order valence-electron chi connectivity index (χ0n) is 17.6. The van der Waals surface area contributed by atoms with Crippen molar-refractivity contribution in [2.75, 3.05) is 6.61 Å². The maximum atomic E-state index is 9.64. The van der Waals surface area contributed by atoms with Gasteiger partial charge in [-0.1, -0.05) is 45.6 Å². The summed E-state index contributed by atoms with van der Waals surface area (Å²) in [6.45, 7) is 5.06. The SMILES string of the molecule is CCCCCC12CCC(COc3ccc(CCC)c(C#N)c3C#N)(CC1)CC2. The molecule has 0 atom stereocenters. The molecule has 4 rings (SSSR count). The van der Waals surface area contributed by atoms with Crippen LogP contribution >= 0.6 is 0 Å². The molecule has 3 aliphatic carbocycles. The van der Waals surface area contributed by atoms with E-state index in [0.717, 1.165) is 18.4 Å². The summed E-state index contributed by atoms with van der Waals surface area (Å²) in [4.78, 5) is 0. The van der Waals surface area contributed by atoms with E-state index in [4.69, 9.17) is 4.74 Å². The number of hydrogen-bond donors (Lipinski definition) is 0. The third-order valence-corrected chi connectivity index (χ3v) is 7.40. The fourth-order valence-corrected chi connectivity index (χ4v) is 5.38. The summed E-state index contributed by atoms with van der Waals surface area (Å²) in [5.74, 6) is 0.596. The Morgan fingerprint density at radius 1 is 0.857 bits per heavy atom. The van der Waals surface area contributed by atoms with Crippen molar-refractivity contribution >= 4 is 0 Å². The van der Waals surface area contributed by atoms with Crippen molar-refractivity contribution in [1.82, 2.24) is 0 Å². The minimum atomic E-state index is 0.272. The van der Waals surface area contributed by atoms with Crippen LogP contribution in [0.4, 0.5) is 0 Å². The number of nitriles is 2. The fourth-order valence-electron chi connectivity index (χ4n) is 5.38. The normalized spacial score (nSPS) is 25.9. The van der Waals surface area contributed by atoms with Gasteiger partial charge in [0.25, 0.3) is 0 Å². The molecule has 0 aromatic heterocycles. The molecule has 0 N–H and O–H groups in total. The summed E-state index contributed by atoms with van der Waals surface area (Å²) in [5, 5.41) is 19.2. The van der Waals surface area contributed by atoms with Crippen molar-refractivity contribution in [3.8, 4) is 17.9 Å². The second-order valence-electron chi connectivity index (χ2n) is 9.19. The number of ether oxygens (including phenoxy) is 1. The van der Waals surface area contributed by atoms with Gasteiger partial charge >= 0.3 is 0 Å². The van der Waals surface area contributed by atoms with Crippen LogP contribution in [0.15, 0.2) is 12.1 Å². The number of benzene rings is 1. The van der Waals surface area contributed by atoms with Gasteiger partial charge in [-0.2, -0.15) is 10.5 Å². The summed E-state index contributed by atoms with van der Waals surface area (Å²) < 4.78 is 6.22. The first-order valence-electron chi connectivity index (χ1n) is 11.2. The average molecular weight is 379 g/mol. The average Bonchev–Trinajstić information content (AvgIpc) is 2.74. The quantitative estimate of drug-likeness (QED) is 0.450. The fraction of sp³-hybridized carbons (Fsp3) is 0.680. The molecule has 0 spiro atoms. The molecule has 3 heteroatoms. The van der Waals surface area contributed by atoms with E-state index in [0.29, 0.717) is 28.9 Å². The predicted octanol–water partition coefficient (Wildman–Crippen LogP) is 6.68. The lowest BCUT2D eigenvalue weighted by Gasteiger charge is -2.53. The van der Waals surface area contributed by atoms with E-state index >= 15 is 0 Å². The first-order valence-corrected chi connectivity index (χ1v) is 11.2. The highest BCUT2D eigenvalue weighted by molar-refractivity contribution is 5.57. The summed E-state index contributed by atoms with van der Waals surface area (Å²) in [5.41, 5.74) is 2.75. The van der Waals surface area contributed by atoms with Crippen LogP contribution in [-0.2, 0) is 6.42 Å². The van der Waals surface area contributed by atoms with Crippen molar-refractivity contribution in [1.29, 1.82) is 10.5 Å².